The van der Waals surface area contributed by atoms with Gasteiger partial charge in [-0.25, -0.2) is 0 Å². The standard InChI is InChI=1S/C4H13BN2O2/c1-7(2)3-4(6)5(8)9/h4,8-9H,3,6H2,1-2H3. The van der Waals surface area contributed by atoms with E-state index in [9.17, 15) is 0 Å². The van der Waals surface area contributed by atoms with Gasteiger partial charge in [-0.2, -0.15) is 0 Å². The third-order valence-corrected chi connectivity index (χ3v) is 0.959. The summed E-state index contributed by atoms with van der Waals surface area (Å²) in [5.41, 5.74) is 5.28. The van der Waals surface area contributed by atoms with Crippen LogP contribution in [0, 0.1) is 0 Å². The number of likely N-dealkylation sites (N-methyl/N-ethyl adjacent to an activating group) is 1. The smallest absolute Gasteiger partial charge is 0.426 e. The summed E-state index contributed by atoms with van der Waals surface area (Å²) in [6.45, 7) is 0.484. The Kier molecular flexibility index (Phi) is 3.80. The van der Waals surface area contributed by atoms with Crippen LogP contribution in [0.1, 0.15) is 0 Å². The Balaban J connectivity index is 3.38. The van der Waals surface area contributed by atoms with Gasteiger partial charge in [-0.3, -0.25) is 0 Å². The first kappa shape index (κ1) is 8.90. The maximum atomic E-state index is 8.47. The molecule has 0 aliphatic heterocycles. The van der Waals surface area contributed by atoms with Gasteiger partial charge in [0, 0.05) is 6.54 Å². The molecule has 0 bridgehead atoms. The molecular weight excluding hydrogens is 119 g/mol. The molecule has 0 saturated carbocycles. The minimum atomic E-state index is -1.41. The Bertz CT molecular complexity index is 79.0. The molecule has 1 atom stereocenters. The molecule has 0 fully saturated rings. The van der Waals surface area contributed by atoms with Crippen LogP contribution in [0.15, 0.2) is 0 Å². The highest BCUT2D eigenvalue weighted by Crippen LogP contribution is 1.82. The Labute approximate surface area is 55.4 Å². The van der Waals surface area contributed by atoms with Crippen molar-refractivity contribution in [1.82, 2.24) is 4.90 Å². The Morgan fingerprint density at radius 1 is 1.56 bits per heavy atom. The maximum Gasteiger partial charge on any atom is 0.470 e. The van der Waals surface area contributed by atoms with Crippen molar-refractivity contribution in [3.63, 3.8) is 0 Å². The second kappa shape index (κ2) is 3.84. The van der Waals surface area contributed by atoms with E-state index < -0.39 is 13.1 Å². The van der Waals surface area contributed by atoms with E-state index in [1.807, 2.05) is 14.1 Å². The van der Waals surface area contributed by atoms with E-state index in [0.29, 0.717) is 6.54 Å². The summed E-state index contributed by atoms with van der Waals surface area (Å²) in [7, 11) is 2.23. The molecule has 0 aliphatic rings. The zero-order valence-electron chi connectivity index (χ0n) is 5.78. The quantitative estimate of drug-likeness (QED) is 0.384. The minimum Gasteiger partial charge on any atom is -0.426 e. The van der Waals surface area contributed by atoms with Crippen LogP contribution in [0.3, 0.4) is 0 Å². The highest BCUT2D eigenvalue weighted by molar-refractivity contribution is 6.43. The van der Waals surface area contributed by atoms with Gasteiger partial charge in [0.2, 0.25) is 0 Å². The van der Waals surface area contributed by atoms with Crippen molar-refractivity contribution in [3.8, 4) is 0 Å². The van der Waals surface area contributed by atoms with Crippen LogP contribution in [0.25, 0.3) is 0 Å². The lowest BCUT2D eigenvalue weighted by Gasteiger charge is -2.14. The molecule has 54 valence electrons. The maximum absolute atomic E-state index is 8.47. The van der Waals surface area contributed by atoms with Gasteiger partial charge < -0.3 is 20.7 Å². The summed E-state index contributed by atoms with van der Waals surface area (Å²) in [4.78, 5) is 1.80. The van der Waals surface area contributed by atoms with E-state index in [4.69, 9.17) is 15.8 Å². The Morgan fingerprint density at radius 2 is 2.00 bits per heavy atom. The average molecular weight is 132 g/mol. The molecule has 0 rings (SSSR count). The van der Waals surface area contributed by atoms with E-state index in [1.165, 1.54) is 0 Å². The fourth-order valence-corrected chi connectivity index (χ4v) is 0.516. The average Bonchev–Trinajstić information content (AvgIpc) is 1.63. The number of rotatable bonds is 3. The zero-order chi connectivity index (χ0) is 7.44. The monoisotopic (exact) mass is 132 g/mol. The molecule has 0 aliphatic carbocycles. The second-order valence-electron chi connectivity index (χ2n) is 2.34. The molecule has 0 radical (unpaired) electrons. The number of hydrogen-bond donors (Lipinski definition) is 3. The van der Waals surface area contributed by atoms with Crippen LogP contribution < -0.4 is 5.73 Å². The molecule has 4 N–H and O–H groups in total. The van der Waals surface area contributed by atoms with Crippen molar-refractivity contribution in [2.24, 2.45) is 5.73 Å². The summed E-state index contributed by atoms with van der Waals surface area (Å²) in [5.74, 6) is -0.569. The van der Waals surface area contributed by atoms with E-state index in [-0.39, 0.29) is 0 Å². The third kappa shape index (κ3) is 4.41. The van der Waals surface area contributed by atoms with Gasteiger partial charge in [0.05, 0.1) is 5.94 Å². The summed E-state index contributed by atoms with van der Waals surface area (Å²) in [5, 5.41) is 16.9. The van der Waals surface area contributed by atoms with Gasteiger partial charge in [-0.1, -0.05) is 0 Å². The fraction of sp³-hybridized carbons (Fsp3) is 1.00. The molecule has 0 saturated heterocycles. The molecule has 5 heteroatoms. The van der Waals surface area contributed by atoms with Gasteiger partial charge in [0.25, 0.3) is 0 Å². The van der Waals surface area contributed by atoms with Crippen molar-refractivity contribution in [1.29, 1.82) is 0 Å². The van der Waals surface area contributed by atoms with Crippen molar-refractivity contribution in [2.75, 3.05) is 20.6 Å². The van der Waals surface area contributed by atoms with Gasteiger partial charge in [-0.05, 0) is 14.1 Å². The summed E-state index contributed by atoms with van der Waals surface area (Å²) >= 11 is 0. The molecular formula is C4H13BN2O2. The van der Waals surface area contributed by atoms with Crippen molar-refractivity contribution in [3.05, 3.63) is 0 Å². The van der Waals surface area contributed by atoms with Crippen LogP contribution in [-0.2, 0) is 0 Å². The van der Waals surface area contributed by atoms with E-state index >= 15 is 0 Å². The molecule has 1 unspecified atom stereocenters. The summed E-state index contributed by atoms with van der Waals surface area (Å²) in [6, 6.07) is 0. The fourth-order valence-electron chi connectivity index (χ4n) is 0.516. The van der Waals surface area contributed by atoms with E-state index in [0.717, 1.165) is 0 Å². The van der Waals surface area contributed by atoms with E-state index in [2.05, 4.69) is 0 Å². The first-order chi connectivity index (χ1) is 4.04. The minimum absolute atomic E-state index is 0.484. The van der Waals surface area contributed by atoms with Crippen molar-refractivity contribution >= 4 is 7.12 Å². The predicted octanol–water partition coefficient (Wildman–Crippen LogP) is -2.11. The lowest BCUT2D eigenvalue weighted by Crippen LogP contribution is -2.46. The SMILES string of the molecule is CN(C)CC(N)B(O)O. The van der Waals surface area contributed by atoms with Crippen molar-refractivity contribution in [2.45, 2.75) is 5.94 Å². The summed E-state index contributed by atoms with van der Waals surface area (Å²) < 4.78 is 0. The number of hydrogen-bond acceptors (Lipinski definition) is 4. The molecule has 0 aromatic heterocycles. The van der Waals surface area contributed by atoms with Crippen molar-refractivity contribution < 1.29 is 10.0 Å². The predicted molar refractivity (Wildman–Crippen MR) is 36.7 cm³/mol. The molecule has 9 heavy (non-hydrogen) atoms. The van der Waals surface area contributed by atoms with Gasteiger partial charge >= 0.3 is 7.12 Å². The second-order valence-corrected chi connectivity index (χ2v) is 2.34. The largest absolute Gasteiger partial charge is 0.470 e. The molecule has 0 amide bonds. The molecule has 0 aromatic carbocycles. The topological polar surface area (TPSA) is 69.7 Å². The van der Waals surface area contributed by atoms with Gasteiger partial charge in [0.15, 0.2) is 0 Å². The molecule has 0 aromatic rings. The zero-order valence-corrected chi connectivity index (χ0v) is 5.78. The van der Waals surface area contributed by atoms with Crippen LogP contribution in [0.4, 0.5) is 0 Å². The Morgan fingerprint density at radius 3 is 2.11 bits per heavy atom. The molecule has 0 heterocycles. The lowest BCUT2D eigenvalue weighted by atomic mass is 9.80. The van der Waals surface area contributed by atoms with Crippen LogP contribution >= 0.6 is 0 Å². The highest BCUT2D eigenvalue weighted by Gasteiger charge is 2.18. The highest BCUT2D eigenvalue weighted by atomic mass is 16.4. The molecule has 0 spiro atoms. The van der Waals surface area contributed by atoms with Crippen LogP contribution in [0.2, 0.25) is 0 Å². The Hall–Kier alpha value is -0.0951. The van der Waals surface area contributed by atoms with E-state index in [1.54, 1.807) is 4.90 Å². The first-order valence-electron chi connectivity index (χ1n) is 2.80. The summed E-state index contributed by atoms with van der Waals surface area (Å²) in [6.07, 6.45) is 0. The lowest BCUT2D eigenvalue weighted by molar-refractivity contribution is 0.341. The van der Waals surface area contributed by atoms with Crippen LogP contribution in [0.5, 0.6) is 0 Å². The number of nitrogens with zero attached hydrogens (tertiary/aromatic N) is 1. The number of nitrogens with two attached hydrogens (primary N) is 1. The third-order valence-electron chi connectivity index (χ3n) is 0.959. The normalized spacial score (nSPS) is 14.0. The molecule has 4 nitrogen and oxygen atoms in total. The van der Waals surface area contributed by atoms with Gasteiger partial charge in [0.1, 0.15) is 0 Å². The van der Waals surface area contributed by atoms with Gasteiger partial charge in [-0.15, -0.1) is 0 Å². The first-order valence-corrected chi connectivity index (χ1v) is 2.80. The van der Waals surface area contributed by atoms with Crippen LogP contribution in [-0.4, -0.2) is 48.6 Å².